The first-order chi connectivity index (χ1) is 7.11. The molecule has 0 aliphatic rings. The molecule has 0 radical (unpaired) electrons. The van der Waals surface area contributed by atoms with Crippen molar-refractivity contribution in [2.75, 3.05) is 0 Å². The molecule has 0 saturated carbocycles. The number of nitrogens with zero attached hydrogens (tertiary/aromatic N) is 2. The second kappa shape index (κ2) is 3.20. The number of pyridine rings is 2. The van der Waals surface area contributed by atoms with Crippen molar-refractivity contribution in [3.63, 3.8) is 0 Å². The predicted molar refractivity (Wildman–Crippen MR) is 55.5 cm³/mol. The molecule has 0 aliphatic carbocycles. The molecule has 0 bridgehead atoms. The van der Waals surface area contributed by atoms with E-state index in [9.17, 15) is 9.59 Å². The van der Waals surface area contributed by atoms with Crippen molar-refractivity contribution in [1.82, 2.24) is 9.55 Å². The van der Waals surface area contributed by atoms with E-state index in [1.807, 2.05) is 0 Å². The Morgan fingerprint density at radius 3 is 2.93 bits per heavy atom. The van der Waals surface area contributed by atoms with E-state index in [0.29, 0.717) is 11.0 Å². The van der Waals surface area contributed by atoms with Gasteiger partial charge in [0, 0.05) is 19.4 Å². The van der Waals surface area contributed by atoms with Gasteiger partial charge in [0.15, 0.2) is 0 Å². The highest BCUT2D eigenvalue weighted by Crippen LogP contribution is 2.06. The zero-order chi connectivity index (χ0) is 11.0. The van der Waals surface area contributed by atoms with Crippen LogP contribution in [0.3, 0.4) is 0 Å². The van der Waals surface area contributed by atoms with E-state index in [-0.39, 0.29) is 11.0 Å². The van der Waals surface area contributed by atoms with Crippen LogP contribution in [-0.2, 0) is 7.05 Å². The number of aryl methyl sites for hydroxylation is 1. The van der Waals surface area contributed by atoms with Crippen molar-refractivity contribution in [2.45, 2.75) is 0 Å². The second-order valence-corrected chi connectivity index (χ2v) is 3.22. The molecule has 0 unspecified atom stereocenters. The quantitative estimate of drug-likeness (QED) is 0.710. The Labute approximate surface area is 85.2 Å². The average Bonchev–Trinajstić information content (AvgIpc) is 2.23. The van der Waals surface area contributed by atoms with Crippen LogP contribution in [0.2, 0.25) is 0 Å². The van der Waals surface area contributed by atoms with Crippen molar-refractivity contribution in [3.8, 4) is 0 Å². The molecule has 2 aromatic heterocycles. The van der Waals surface area contributed by atoms with E-state index in [1.165, 1.54) is 6.20 Å². The SMILES string of the molecule is Cn1cc(C(N)=O)c(=O)c2cccnc21. The molecule has 2 heterocycles. The van der Waals surface area contributed by atoms with Gasteiger partial charge in [0.1, 0.15) is 11.2 Å². The van der Waals surface area contributed by atoms with Crippen molar-refractivity contribution >= 4 is 16.9 Å². The third-order valence-electron chi connectivity index (χ3n) is 2.20. The lowest BCUT2D eigenvalue weighted by atomic mass is 10.2. The number of amides is 1. The molecule has 0 saturated heterocycles. The van der Waals surface area contributed by atoms with E-state index < -0.39 is 5.91 Å². The van der Waals surface area contributed by atoms with E-state index >= 15 is 0 Å². The molecule has 0 atom stereocenters. The number of fused-ring (bicyclic) bond motifs is 1. The van der Waals surface area contributed by atoms with Crippen molar-refractivity contribution < 1.29 is 4.79 Å². The molecule has 0 aromatic carbocycles. The molecule has 2 rings (SSSR count). The predicted octanol–water partition coefficient (Wildman–Crippen LogP) is 0.0324. The molecule has 76 valence electrons. The summed E-state index contributed by atoms with van der Waals surface area (Å²) in [4.78, 5) is 26.8. The standard InChI is InChI=1S/C10H9N3O2/c1-13-5-7(9(11)15)8(14)6-3-2-4-12-10(6)13/h2-5H,1H3,(H2,11,15). The number of primary amides is 1. The van der Waals surface area contributed by atoms with Gasteiger partial charge in [-0.3, -0.25) is 9.59 Å². The van der Waals surface area contributed by atoms with Crippen LogP contribution in [0, 0.1) is 0 Å². The van der Waals surface area contributed by atoms with Gasteiger partial charge in [0.25, 0.3) is 5.91 Å². The molecule has 0 spiro atoms. The Morgan fingerprint density at radius 2 is 2.27 bits per heavy atom. The van der Waals surface area contributed by atoms with E-state index in [0.717, 1.165) is 0 Å². The Hall–Kier alpha value is -2.17. The number of rotatable bonds is 1. The minimum Gasteiger partial charge on any atom is -0.365 e. The molecular weight excluding hydrogens is 194 g/mol. The minimum atomic E-state index is -0.721. The normalized spacial score (nSPS) is 10.5. The second-order valence-electron chi connectivity index (χ2n) is 3.22. The highest BCUT2D eigenvalue weighted by atomic mass is 16.2. The Kier molecular flexibility index (Phi) is 2.00. The van der Waals surface area contributed by atoms with Gasteiger partial charge in [-0.2, -0.15) is 0 Å². The zero-order valence-electron chi connectivity index (χ0n) is 8.10. The van der Waals surface area contributed by atoms with E-state index in [2.05, 4.69) is 4.98 Å². The van der Waals surface area contributed by atoms with Crippen molar-refractivity contribution in [2.24, 2.45) is 12.8 Å². The van der Waals surface area contributed by atoms with Crippen LogP contribution in [0.1, 0.15) is 10.4 Å². The largest absolute Gasteiger partial charge is 0.365 e. The number of hydrogen-bond acceptors (Lipinski definition) is 3. The van der Waals surface area contributed by atoms with Gasteiger partial charge >= 0.3 is 0 Å². The highest BCUT2D eigenvalue weighted by molar-refractivity contribution is 5.95. The van der Waals surface area contributed by atoms with Crippen LogP contribution in [0.4, 0.5) is 0 Å². The van der Waals surface area contributed by atoms with Crippen molar-refractivity contribution in [3.05, 3.63) is 40.3 Å². The topological polar surface area (TPSA) is 78.0 Å². The average molecular weight is 203 g/mol. The summed E-state index contributed by atoms with van der Waals surface area (Å²) >= 11 is 0. The Bertz CT molecular complexity index is 601. The Morgan fingerprint density at radius 1 is 1.53 bits per heavy atom. The van der Waals surface area contributed by atoms with Crippen LogP contribution < -0.4 is 11.2 Å². The first-order valence-corrected chi connectivity index (χ1v) is 4.35. The molecule has 0 aliphatic heterocycles. The van der Waals surface area contributed by atoms with Crippen LogP contribution in [-0.4, -0.2) is 15.5 Å². The summed E-state index contributed by atoms with van der Waals surface area (Å²) in [7, 11) is 1.71. The smallest absolute Gasteiger partial charge is 0.254 e. The number of carbonyl (C=O) groups excluding carboxylic acids is 1. The maximum Gasteiger partial charge on any atom is 0.254 e. The van der Waals surface area contributed by atoms with Gasteiger partial charge in [0.05, 0.1) is 5.39 Å². The molecule has 5 nitrogen and oxygen atoms in total. The van der Waals surface area contributed by atoms with Gasteiger partial charge < -0.3 is 10.3 Å². The highest BCUT2D eigenvalue weighted by Gasteiger charge is 2.11. The lowest BCUT2D eigenvalue weighted by Gasteiger charge is -2.05. The molecule has 15 heavy (non-hydrogen) atoms. The first kappa shape index (κ1) is 9.39. The summed E-state index contributed by atoms with van der Waals surface area (Å²) in [5.41, 5.74) is 5.25. The summed E-state index contributed by atoms with van der Waals surface area (Å²) in [6.07, 6.45) is 2.99. The monoisotopic (exact) mass is 203 g/mol. The molecule has 2 N–H and O–H groups in total. The van der Waals surface area contributed by atoms with Crippen LogP contribution >= 0.6 is 0 Å². The molecule has 5 heteroatoms. The molecular formula is C10H9N3O2. The maximum atomic E-state index is 11.8. The number of aromatic nitrogens is 2. The summed E-state index contributed by atoms with van der Waals surface area (Å²) in [5, 5.41) is 0.399. The lowest BCUT2D eigenvalue weighted by Crippen LogP contribution is -2.23. The van der Waals surface area contributed by atoms with Crippen LogP contribution in [0.25, 0.3) is 11.0 Å². The van der Waals surface area contributed by atoms with Gasteiger partial charge in [-0.25, -0.2) is 4.98 Å². The summed E-state index contributed by atoms with van der Waals surface area (Å²) in [6, 6.07) is 3.27. The number of nitrogens with two attached hydrogens (primary N) is 1. The third kappa shape index (κ3) is 1.38. The van der Waals surface area contributed by atoms with Crippen LogP contribution in [0.15, 0.2) is 29.3 Å². The maximum absolute atomic E-state index is 11.8. The first-order valence-electron chi connectivity index (χ1n) is 4.35. The van der Waals surface area contributed by atoms with Crippen LogP contribution in [0.5, 0.6) is 0 Å². The van der Waals surface area contributed by atoms with E-state index in [1.54, 1.807) is 29.9 Å². The summed E-state index contributed by atoms with van der Waals surface area (Å²) in [6.45, 7) is 0. The Balaban J connectivity index is 2.97. The fourth-order valence-electron chi connectivity index (χ4n) is 1.49. The summed E-state index contributed by atoms with van der Waals surface area (Å²) < 4.78 is 1.61. The summed E-state index contributed by atoms with van der Waals surface area (Å²) in [5.74, 6) is -0.721. The fraction of sp³-hybridized carbons (Fsp3) is 0.100. The number of carbonyl (C=O) groups is 1. The zero-order valence-corrected chi connectivity index (χ0v) is 8.10. The van der Waals surface area contributed by atoms with E-state index in [4.69, 9.17) is 5.73 Å². The molecule has 0 fully saturated rings. The van der Waals surface area contributed by atoms with Gasteiger partial charge in [0.2, 0.25) is 5.43 Å². The van der Waals surface area contributed by atoms with Gasteiger partial charge in [-0.1, -0.05) is 0 Å². The van der Waals surface area contributed by atoms with Gasteiger partial charge in [-0.05, 0) is 12.1 Å². The number of hydrogen-bond donors (Lipinski definition) is 1. The fourth-order valence-corrected chi connectivity index (χ4v) is 1.49. The van der Waals surface area contributed by atoms with Crippen molar-refractivity contribution in [1.29, 1.82) is 0 Å². The molecule has 2 aromatic rings. The molecule has 1 amide bonds. The third-order valence-corrected chi connectivity index (χ3v) is 2.20. The lowest BCUT2D eigenvalue weighted by molar-refractivity contribution is 0.0999. The minimum absolute atomic E-state index is 0.0157. The van der Waals surface area contributed by atoms with Gasteiger partial charge in [-0.15, -0.1) is 0 Å².